The largest absolute Gasteiger partial charge is 0.444 e. The zero-order valence-corrected chi connectivity index (χ0v) is 46.3. The number of nitrogens with zero attached hydrogens (tertiary/aromatic N) is 5. The van der Waals surface area contributed by atoms with E-state index in [0.717, 1.165) is 27.0 Å². The molecule has 5 N–H and O–H groups in total. The molecule has 8 rings (SSSR count). The van der Waals surface area contributed by atoms with Gasteiger partial charge in [0.15, 0.2) is 0 Å². The summed E-state index contributed by atoms with van der Waals surface area (Å²) in [6.45, 7) is 13.0. The Balaban J connectivity index is 0.827. The number of fused-ring (bicyclic) bond motifs is 4. The maximum absolute atomic E-state index is 15.5. The Morgan fingerprint density at radius 3 is 2.38 bits per heavy atom. The lowest BCUT2D eigenvalue weighted by molar-refractivity contribution is -0.140. The molecule has 0 saturated heterocycles. The topological polar surface area (TPSA) is 258 Å². The summed E-state index contributed by atoms with van der Waals surface area (Å²) in [4.78, 5) is 114. The van der Waals surface area contributed by atoms with Crippen molar-refractivity contribution < 1.29 is 62.1 Å². The second-order valence-corrected chi connectivity index (χ2v) is 21.4. The van der Waals surface area contributed by atoms with Crippen LogP contribution in [0.5, 0.6) is 0 Å². The third kappa shape index (κ3) is 12.6. The molecule has 0 fully saturated rings. The Morgan fingerprint density at radius 2 is 1.69 bits per heavy atom. The summed E-state index contributed by atoms with van der Waals surface area (Å²) in [6, 6.07) is 5.61. The van der Waals surface area contributed by atoms with Gasteiger partial charge < -0.3 is 50.4 Å². The number of ether oxygens (including phenoxy) is 3. The highest BCUT2D eigenvalue weighted by molar-refractivity contribution is 6.12. The van der Waals surface area contributed by atoms with Crippen molar-refractivity contribution in [3.63, 3.8) is 0 Å². The molecule has 21 nitrogen and oxygen atoms in total. The van der Waals surface area contributed by atoms with Gasteiger partial charge in [0.2, 0.25) is 23.6 Å². The smallest absolute Gasteiger partial charge is 0.411 e. The van der Waals surface area contributed by atoms with Crippen molar-refractivity contribution in [2.45, 2.75) is 116 Å². The van der Waals surface area contributed by atoms with Crippen molar-refractivity contribution in [2.75, 3.05) is 58.9 Å². The van der Waals surface area contributed by atoms with Crippen LogP contribution in [0.1, 0.15) is 106 Å². The number of aryl methyl sites for hydroxylation is 1. The first kappa shape index (κ1) is 58.3. The number of nitrogens with one attached hydrogen (secondary N) is 4. The fourth-order valence-corrected chi connectivity index (χ4v) is 10.6. The number of anilines is 1. The molecule has 0 radical (unpaired) electrons. The van der Waals surface area contributed by atoms with Crippen LogP contribution >= 0.6 is 0 Å². The van der Waals surface area contributed by atoms with Gasteiger partial charge in [0.1, 0.15) is 49.2 Å². The van der Waals surface area contributed by atoms with Crippen molar-refractivity contribution in [1.29, 1.82) is 0 Å². The minimum absolute atomic E-state index is 0.0535. The zero-order chi connectivity index (χ0) is 57.7. The number of aliphatic hydroxyl groups is 1. The molecule has 1 aromatic heterocycles. The third-order valence-corrected chi connectivity index (χ3v) is 15.2. The van der Waals surface area contributed by atoms with Gasteiger partial charge >= 0.3 is 12.1 Å². The standard InChI is InChI=1S/C58H70FN9O12/c1-9-58(77)35(6)80-56(75)39-27-67-28-40-51-43(19-18-38-33(4)42(59)26-44(50(38)51)63-53(40)45(67)25-41(39)58)62-47(70)30-78-31-66(24-23-65(7)8)57(76)79-29-36-14-16-37(17-15-36)61-54(73)34(5)60-55(74)52(32(2)3)64-46(69)13-11-10-12-22-68-48(71)20-21-49(68)72/h14-17,20-21,25-26,32,34,43,52,77H,6,9-13,18-19,22-24,27-31H2,1-5,7-8H3,(H,60,74)(H,61,73)(H,62,70)(H,64,69)/t34-,43-,52-,58+/m0/s1. The SMILES string of the molecule is C=C1OC(=O)C2=C(C=C3c4nc5cc(F)c(C)c6c5c(c4CN3C2)[C@@H](NC(=O)COCN(CCN(C)C)C(=O)OCc2ccc(NC(=O)[C@H](C)NC(=O)[C@@H](NC(=O)CCCCCN3C(=O)C=CC3=O)C(C)C)cc2)CC6)[C@@]1(O)CC. The minimum atomic E-state index is -1.60. The number of hydrogen-bond acceptors (Lipinski definition) is 15. The quantitative estimate of drug-likeness (QED) is 0.0373. The molecule has 1 aliphatic carbocycles. The number of likely N-dealkylation sites (N-methyl/N-ethyl adjacent to an activating group) is 1. The van der Waals surface area contributed by atoms with E-state index in [2.05, 4.69) is 27.8 Å². The zero-order valence-electron chi connectivity index (χ0n) is 46.3. The molecule has 0 bridgehead atoms. The van der Waals surface area contributed by atoms with Gasteiger partial charge in [-0.3, -0.25) is 38.6 Å². The molecule has 4 aliphatic heterocycles. The van der Waals surface area contributed by atoms with Gasteiger partial charge in [-0.2, -0.15) is 0 Å². The molecule has 22 heteroatoms. The summed E-state index contributed by atoms with van der Waals surface area (Å²) in [6.07, 6.45) is 6.43. The second-order valence-electron chi connectivity index (χ2n) is 21.4. The van der Waals surface area contributed by atoms with Crippen LogP contribution in [0.2, 0.25) is 0 Å². The summed E-state index contributed by atoms with van der Waals surface area (Å²) in [7, 11) is 3.70. The van der Waals surface area contributed by atoms with E-state index in [1.54, 1.807) is 58.0 Å². The Kier molecular flexibility index (Phi) is 18.0. The maximum atomic E-state index is 15.5. The number of aromatic nitrogens is 1. The second kappa shape index (κ2) is 24.7. The number of unbranched alkanes of at least 4 members (excludes halogenated alkanes) is 2. The van der Waals surface area contributed by atoms with Gasteiger partial charge in [-0.25, -0.2) is 19.0 Å². The van der Waals surface area contributed by atoms with Gasteiger partial charge in [-0.05, 0) is 106 Å². The van der Waals surface area contributed by atoms with Crippen LogP contribution in [-0.4, -0.2) is 148 Å². The van der Waals surface area contributed by atoms with E-state index in [9.17, 15) is 43.5 Å². The Labute approximate surface area is 463 Å². The van der Waals surface area contributed by atoms with Crippen molar-refractivity contribution in [1.82, 2.24) is 40.5 Å². The first-order valence-electron chi connectivity index (χ1n) is 27.0. The van der Waals surface area contributed by atoms with Gasteiger partial charge in [0.25, 0.3) is 11.8 Å². The lowest BCUT2D eigenvalue weighted by Crippen LogP contribution is -2.53. The molecule has 0 unspecified atom stereocenters. The molecule has 5 aliphatic rings. The predicted octanol–water partition coefficient (Wildman–Crippen LogP) is 4.71. The lowest BCUT2D eigenvalue weighted by Gasteiger charge is -2.39. The molecule has 2 aromatic carbocycles. The number of pyridine rings is 1. The van der Waals surface area contributed by atoms with Gasteiger partial charge in [-0.15, -0.1) is 0 Å². The minimum Gasteiger partial charge on any atom is -0.444 e. The third-order valence-electron chi connectivity index (χ3n) is 15.2. The van der Waals surface area contributed by atoms with E-state index in [1.165, 1.54) is 30.0 Å². The summed E-state index contributed by atoms with van der Waals surface area (Å²) in [5.74, 6) is -3.83. The van der Waals surface area contributed by atoms with Crippen LogP contribution < -0.4 is 21.3 Å². The fraction of sp³-hybridized carbons (Fsp3) is 0.466. The van der Waals surface area contributed by atoms with Crippen LogP contribution in [-0.2, 0) is 67.3 Å². The van der Waals surface area contributed by atoms with E-state index < -0.39 is 65.9 Å². The molecule has 5 heterocycles. The van der Waals surface area contributed by atoms with Crippen LogP contribution in [0.4, 0.5) is 14.9 Å². The Morgan fingerprint density at radius 1 is 0.963 bits per heavy atom. The number of hydrogen-bond donors (Lipinski definition) is 5. The summed E-state index contributed by atoms with van der Waals surface area (Å²) in [5.41, 5.74) is 4.71. The molecule has 80 heavy (non-hydrogen) atoms. The predicted molar refractivity (Wildman–Crippen MR) is 292 cm³/mol. The highest BCUT2D eigenvalue weighted by Crippen LogP contribution is 2.49. The molecule has 0 spiro atoms. The molecule has 4 atom stereocenters. The summed E-state index contributed by atoms with van der Waals surface area (Å²) in [5, 5.41) is 23.8. The molecular formula is C58H70FN9O12. The first-order chi connectivity index (χ1) is 38.1. The Bertz CT molecular complexity index is 3100. The number of halogens is 1. The van der Waals surface area contributed by atoms with Crippen LogP contribution in [0.15, 0.2) is 72.0 Å². The maximum Gasteiger partial charge on any atom is 0.411 e. The van der Waals surface area contributed by atoms with E-state index in [4.69, 9.17) is 19.2 Å². The highest BCUT2D eigenvalue weighted by Gasteiger charge is 2.47. The fourth-order valence-electron chi connectivity index (χ4n) is 10.6. The highest BCUT2D eigenvalue weighted by atomic mass is 19.1. The molecular weight excluding hydrogens is 1030 g/mol. The number of carbonyl (C=O) groups excluding carboxylic acids is 8. The average molecular weight is 1100 g/mol. The summed E-state index contributed by atoms with van der Waals surface area (Å²) >= 11 is 0. The normalized spacial score (nSPS) is 18.9. The summed E-state index contributed by atoms with van der Waals surface area (Å²) < 4.78 is 32.4. The number of cyclic esters (lactones) is 1. The van der Waals surface area contributed by atoms with Crippen LogP contribution in [0, 0.1) is 18.7 Å². The number of benzene rings is 2. The lowest BCUT2D eigenvalue weighted by atomic mass is 9.81. The number of rotatable bonds is 23. The van der Waals surface area contributed by atoms with Crippen LogP contribution in [0.3, 0.4) is 0 Å². The number of amides is 7. The van der Waals surface area contributed by atoms with E-state index in [-0.39, 0.29) is 75.2 Å². The first-order valence-corrected chi connectivity index (χ1v) is 27.0. The van der Waals surface area contributed by atoms with E-state index in [0.29, 0.717) is 90.1 Å². The van der Waals surface area contributed by atoms with E-state index in [1.807, 2.05) is 23.9 Å². The molecule has 0 saturated carbocycles. The monoisotopic (exact) mass is 1100 g/mol. The van der Waals surface area contributed by atoms with Gasteiger partial charge in [0.05, 0.1) is 35.1 Å². The van der Waals surface area contributed by atoms with E-state index >= 15 is 4.39 Å². The molecule has 3 aromatic rings. The number of carbonyl (C=O) groups is 8. The van der Waals surface area contributed by atoms with Crippen molar-refractivity contribution >= 4 is 69.8 Å². The number of esters is 1. The number of imide groups is 1. The van der Waals surface area contributed by atoms with Crippen molar-refractivity contribution in [3.05, 3.63) is 111 Å². The van der Waals surface area contributed by atoms with Gasteiger partial charge in [-0.1, -0.05) is 45.9 Å². The molecule has 426 valence electrons. The van der Waals surface area contributed by atoms with Crippen molar-refractivity contribution in [2.24, 2.45) is 5.92 Å². The molecule has 7 amide bonds. The van der Waals surface area contributed by atoms with Gasteiger partial charge in [0, 0.05) is 73.0 Å². The van der Waals surface area contributed by atoms with Crippen molar-refractivity contribution in [3.8, 4) is 0 Å². The average Bonchev–Trinajstić information content (AvgIpc) is 4.11. The Hall–Kier alpha value is -7.82. The van der Waals surface area contributed by atoms with Crippen LogP contribution in [0.25, 0.3) is 16.6 Å².